The lowest BCUT2D eigenvalue weighted by Gasteiger charge is -2.19. The third-order valence-corrected chi connectivity index (χ3v) is 4.22. The molecule has 1 atom stereocenters. The molecule has 0 aliphatic heterocycles. The molecule has 0 aromatic carbocycles. The molecule has 1 aliphatic rings. The van der Waals surface area contributed by atoms with Crippen LogP contribution in [0.15, 0.2) is 0 Å². The minimum Gasteiger partial charge on any atom is -0.465 e. The molecule has 1 heterocycles. The van der Waals surface area contributed by atoms with Crippen LogP contribution in [0.25, 0.3) is 0 Å². The highest BCUT2D eigenvalue weighted by atomic mass is 32.1. The molecule has 0 saturated carbocycles. The van der Waals surface area contributed by atoms with Gasteiger partial charge < -0.3 is 4.74 Å². The molecule has 1 aromatic rings. The molecule has 0 N–H and O–H groups in total. The highest BCUT2D eigenvalue weighted by Gasteiger charge is 2.30. The number of hydrogen-bond donors (Lipinski definition) is 0. The van der Waals surface area contributed by atoms with Crippen molar-refractivity contribution in [3.8, 4) is 0 Å². The first-order valence-corrected chi connectivity index (χ1v) is 7.23. The molecule has 1 unspecified atom stereocenters. The summed E-state index contributed by atoms with van der Waals surface area (Å²) in [6.07, 6.45) is 5.17. The highest BCUT2D eigenvalue weighted by molar-refractivity contribution is 7.11. The fourth-order valence-electron chi connectivity index (χ4n) is 2.26. The average Bonchev–Trinajstić information content (AvgIpc) is 2.71. The van der Waals surface area contributed by atoms with E-state index in [0.717, 1.165) is 37.8 Å². The smallest absolute Gasteiger partial charge is 0.315 e. The van der Waals surface area contributed by atoms with Gasteiger partial charge in [-0.15, -0.1) is 11.3 Å². The van der Waals surface area contributed by atoms with Gasteiger partial charge in [-0.2, -0.15) is 0 Å². The van der Waals surface area contributed by atoms with Crippen molar-refractivity contribution in [2.45, 2.75) is 51.9 Å². The second-order valence-corrected chi connectivity index (χ2v) is 5.53. The number of carbonyl (C=O) groups excluding carboxylic acids is 1. The zero-order valence-corrected chi connectivity index (χ0v) is 11.3. The van der Waals surface area contributed by atoms with Crippen LogP contribution in [-0.2, 0) is 22.4 Å². The second kappa shape index (κ2) is 5.63. The summed E-state index contributed by atoms with van der Waals surface area (Å²) in [6.45, 7) is 4.46. The number of carbonyl (C=O) groups is 1. The Balaban J connectivity index is 2.21. The summed E-state index contributed by atoms with van der Waals surface area (Å²) >= 11 is 1.78. The van der Waals surface area contributed by atoms with Crippen LogP contribution in [0.5, 0.6) is 0 Å². The Labute approximate surface area is 106 Å². The van der Waals surface area contributed by atoms with Crippen molar-refractivity contribution >= 4 is 17.3 Å². The number of hydrogen-bond acceptors (Lipinski definition) is 4. The Morgan fingerprint density at radius 3 is 3.06 bits per heavy atom. The van der Waals surface area contributed by atoms with Crippen molar-refractivity contribution in [1.29, 1.82) is 0 Å². The van der Waals surface area contributed by atoms with Crippen molar-refractivity contribution in [1.82, 2.24) is 4.98 Å². The van der Waals surface area contributed by atoms with Crippen molar-refractivity contribution in [3.05, 3.63) is 15.6 Å². The molecular weight excluding hydrogens is 234 g/mol. The van der Waals surface area contributed by atoms with Gasteiger partial charge in [0.1, 0.15) is 5.92 Å². The number of rotatable bonds is 4. The fraction of sp³-hybridized carbons (Fsp3) is 0.692. The first kappa shape index (κ1) is 12.6. The van der Waals surface area contributed by atoms with E-state index in [1.807, 2.05) is 6.92 Å². The maximum Gasteiger partial charge on any atom is 0.315 e. The first-order valence-electron chi connectivity index (χ1n) is 6.41. The van der Waals surface area contributed by atoms with Gasteiger partial charge in [0, 0.05) is 4.88 Å². The van der Waals surface area contributed by atoms with E-state index in [2.05, 4.69) is 11.9 Å². The molecule has 4 heteroatoms. The molecule has 2 rings (SSSR count). The Bertz CT molecular complexity index is 400. The number of esters is 1. The third-order valence-electron chi connectivity index (χ3n) is 3.03. The lowest BCUT2D eigenvalue weighted by Crippen LogP contribution is -2.20. The van der Waals surface area contributed by atoms with Gasteiger partial charge in [0.05, 0.1) is 17.3 Å². The van der Waals surface area contributed by atoms with Crippen molar-refractivity contribution in [2.75, 3.05) is 6.61 Å². The maximum atomic E-state index is 11.9. The summed E-state index contributed by atoms with van der Waals surface area (Å²) in [6, 6.07) is 0. The summed E-state index contributed by atoms with van der Waals surface area (Å²) in [5, 5.41) is 1.17. The van der Waals surface area contributed by atoms with E-state index < -0.39 is 0 Å². The maximum absolute atomic E-state index is 11.9. The van der Waals surface area contributed by atoms with Crippen LogP contribution in [-0.4, -0.2) is 17.6 Å². The van der Waals surface area contributed by atoms with Crippen molar-refractivity contribution in [3.63, 3.8) is 0 Å². The Kier molecular flexibility index (Phi) is 4.15. The van der Waals surface area contributed by atoms with Gasteiger partial charge in [0.15, 0.2) is 0 Å². The molecule has 0 amide bonds. The van der Waals surface area contributed by atoms with E-state index in [9.17, 15) is 4.79 Å². The zero-order valence-electron chi connectivity index (χ0n) is 10.5. The van der Waals surface area contributed by atoms with Crippen molar-refractivity contribution in [2.24, 2.45) is 0 Å². The Morgan fingerprint density at radius 2 is 2.35 bits per heavy atom. The van der Waals surface area contributed by atoms with E-state index in [1.54, 1.807) is 11.3 Å². The topological polar surface area (TPSA) is 39.2 Å². The normalized spacial score (nSPS) is 18.8. The third kappa shape index (κ3) is 2.68. The van der Waals surface area contributed by atoms with Gasteiger partial charge in [-0.1, -0.05) is 6.92 Å². The SMILES string of the molecule is CCCc1nc2c(s1)CCCC2C(=O)OCC. The predicted octanol–water partition coefficient (Wildman–Crippen LogP) is 3.08. The van der Waals surface area contributed by atoms with Crippen molar-refractivity contribution < 1.29 is 9.53 Å². The fourth-order valence-corrected chi connectivity index (χ4v) is 3.54. The van der Waals surface area contributed by atoms with Crippen LogP contribution in [0.3, 0.4) is 0 Å². The predicted molar refractivity (Wildman–Crippen MR) is 68.4 cm³/mol. The summed E-state index contributed by atoms with van der Waals surface area (Å²) < 4.78 is 5.13. The molecule has 1 aromatic heterocycles. The minimum absolute atomic E-state index is 0.0956. The summed E-state index contributed by atoms with van der Waals surface area (Å²) in [7, 11) is 0. The number of aryl methyl sites for hydroxylation is 2. The van der Waals surface area contributed by atoms with Gasteiger partial charge in [-0.25, -0.2) is 4.98 Å². The van der Waals surface area contributed by atoms with Crippen LogP contribution in [0.1, 0.15) is 54.6 Å². The average molecular weight is 253 g/mol. The second-order valence-electron chi connectivity index (χ2n) is 4.36. The number of nitrogens with zero attached hydrogens (tertiary/aromatic N) is 1. The number of fused-ring (bicyclic) bond motifs is 1. The highest BCUT2D eigenvalue weighted by Crippen LogP contribution is 2.35. The van der Waals surface area contributed by atoms with E-state index in [-0.39, 0.29) is 11.9 Å². The van der Waals surface area contributed by atoms with Gasteiger partial charge in [0.25, 0.3) is 0 Å². The molecule has 0 radical (unpaired) electrons. The molecule has 0 fully saturated rings. The van der Waals surface area contributed by atoms with E-state index in [4.69, 9.17) is 4.74 Å². The van der Waals surface area contributed by atoms with Gasteiger partial charge in [-0.05, 0) is 39.0 Å². The van der Waals surface area contributed by atoms with E-state index in [1.165, 1.54) is 9.88 Å². The van der Waals surface area contributed by atoms with Gasteiger partial charge in [-0.3, -0.25) is 4.79 Å². The van der Waals surface area contributed by atoms with Crippen LogP contribution in [0.2, 0.25) is 0 Å². The lowest BCUT2D eigenvalue weighted by atomic mass is 9.91. The molecule has 0 bridgehead atoms. The van der Waals surface area contributed by atoms with Gasteiger partial charge in [0.2, 0.25) is 0 Å². The molecule has 0 saturated heterocycles. The Morgan fingerprint density at radius 1 is 1.53 bits per heavy atom. The molecule has 17 heavy (non-hydrogen) atoms. The molecule has 3 nitrogen and oxygen atoms in total. The molecular formula is C13H19NO2S. The number of aromatic nitrogens is 1. The van der Waals surface area contributed by atoms with Gasteiger partial charge >= 0.3 is 5.97 Å². The molecule has 0 spiro atoms. The van der Waals surface area contributed by atoms with Crippen LogP contribution >= 0.6 is 11.3 Å². The monoisotopic (exact) mass is 253 g/mol. The summed E-state index contributed by atoms with van der Waals surface area (Å²) in [5.41, 5.74) is 1.00. The first-order chi connectivity index (χ1) is 8.26. The van der Waals surface area contributed by atoms with E-state index >= 15 is 0 Å². The lowest BCUT2D eigenvalue weighted by molar-refractivity contribution is -0.145. The van der Waals surface area contributed by atoms with Crippen LogP contribution < -0.4 is 0 Å². The van der Waals surface area contributed by atoms with Crippen LogP contribution in [0, 0.1) is 0 Å². The quantitative estimate of drug-likeness (QED) is 0.774. The molecule has 1 aliphatic carbocycles. The number of ether oxygens (including phenoxy) is 1. The summed E-state index contributed by atoms with van der Waals surface area (Å²) in [4.78, 5) is 17.8. The minimum atomic E-state index is -0.111. The largest absolute Gasteiger partial charge is 0.465 e. The summed E-state index contributed by atoms with van der Waals surface area (Å²) in [5.74, 6) is -0.206. The Hall–Kier alpha value is -0.900. The number of thiazole rings is 1. The van der Waals surface area contributed by atoms with E-state index in [0.29, 0.717) is 6.61 Å². The molecule has 94 valence electrons. The standard InChI is InChI=1S/C13H19NO2S/c1-3-6-11-14-12-9(13(15)16-4-2)7-5-8-10(12)17-11/h9H,3-8H2,1-2H3. The zero-order chi connectivity index (χ0) is 12.3. The van der Waals surface area contributed by atoms with Crippen LogP contribution in [0.4, 0.5) is 0 Å².